The molecule has 4 rings (SSSR count). The molecule has 4 saturated heterocycles. The second-order valence-corrected chi connectivity index (χ2v) is 2.77. The van der Waals surface area contributed by atoms with E-state index in [1.54, 1.807) is 6.92 Å². The van der Waals surface area contributed by atoms with E-state index in [0.29, 0.717) is 0 Å². The van der Waals surface area contributed by atoms with Gasteiger partial charge in [0.2, 0.25) is 0 Å². The molecule has 92 valence electrons. The van der Waals surface area contributed by atoms with E-state index in [1.807, 2.05) is 0 Å². The fraction of sp³-hybridized carbons (Fsp3) is 1.00. The molecule has 5 heteroatoms. The molecule has 5 nitrogen and oxygen atoms in total. The van der Waals surface area contributed by atoms with Crippen LogP contribution < -0.4 is 0 Å². The number of aliphatic hydroxyl groups is 1. The molecule has 0 aromatic rings. The van der Waals surface area contributed by atoms with Gasteiger partial charge in [0.1, 0.15) is 0 Å². The van der Waals surface area contributed by atoms with Crippen LogP contribution in [0.15, 0.2) is 0 Å². The minimum Gasteiger partial charge on any atom is -0.397 e. The summed E-state index contributed by atoms with van der Waals surface area (Å²) < 4.78 is 18.0. The Morgan fingerprint density at radius 1 is 0.667 bits per heavy atom. The van der Waals surface area contributed by atoms with E-state index >= 15 is 0 Å². The maximum Gasteiger partial charge on any atom is 0.0701 e. The van der Waals surface area contributed by atoms with Crippen molar-refractivity contribution in [2.75, 3.05) is 59.5 Å². The first-order valence-electron chi connectivity index (χ1n) is 5.33. The lowest BCUT2D eigenvalue weighted by Gasteiger charge is -1.52. The predicted molar refractivity (Wildman–Crippen MR) is 56.0 cm³/mol. The lowest BCUT2D eigenvalue weighted by molar-refractivity contribution is 0.318. The number of hydrogen-bond donors (Lipinski definition) is 1. The monoisotopic (exact) mass is 222 g/mol. The minimum absolute atomic E-state index is 0.250. The molecule has 4 aliphatic rings. The van der Waals surface area contributed by atoms with Crippen LogP contribution in [-0.2, 0) is 18.9 Å². The van der Waals surface area contributed by atoms with Crippen molar-refractivity contribution in [2.45, 2.75) is 6.92 Å². The van der Waals surface area contributed by atoms with Crippen LogP contribution in [-0.4, -0.2) is 64.6 Å². The molecule has 0 bridgehead atoms. The third-order valence-corrected chi connectivity index (χ3v) is 0.816. The Balaban J connectivity index is 0.000000163. The fourth-order valence-electron chi connectivity index (χ4n) is 0. The summed E-state index contributed by atoms with van der Waals surface area (Å²) in [6, 6.07) is 0. The largest absolute Gasteiger partial charge is 0.397 e. The Kier molecular flexibility index (Phi) is 13.6. The average molecular weight is 222 g/mol. The number of hydrogen-bond acceptors (Lipinski definition) is 5. The van der Waals surface area contributed by atoms with Crippen molar-refractivity contribution < 1.29 is 24.1 Å². The van der Waals surface area contributed by atoms with E-state index in [2.05, 4.69) is 18.9 Å². The molecule has 0 radical (unpaired) electrons. The topological polar surface area (TPSA) is 70.3 Å². The van der Waals surface area contributed by atoms with Gasteiger partial charge >= 0.3 is 0 Å². The Bertz CT molecular complexity index is 67.0. The molecule has 0 atom stereocenters. The standard InChI is InChI=1S/4C2H4O.C2H6O/c4*1-2-3-1;1-2-3/h4*1-2H2;3H,2H2,1H3. The van der Waals surface area contributed by atoms with Gasteiger partial charge in [-0.1, -0.05) is 0 Å². The molecule has 0 amide bonds. The molecule has 15 heavy (non-hydrogen) atoms. The van der Waals surface area contributed by atoms with Crippen LogP contribution in [0.1, 0.15) is 6.92 Å². The van der Waals surface area contributed by atoms with E-state index in [-0.39, 0.29) is 6.61 Å². The normalized spacial score (nSPS) is 20.4. The molecule has 4 fully saturated rings. The molecule has 0 aliphatic carbocycles. The van der Waals surface area contributed by atoms with Gasteiger partial charge in [-0.2, -0.15) is 0 Å². The van der Waals surface area contributed by atoms with Crippen molar-refractivity contribution >= 4 is 0 Å². The fourth-order valence-corrected chi connectivity index (χ4v) is 0. The van der Waals surface area contributed by atoms with Gasteiger partial charge in [-0.25, -0.2) is 0 Å². The first-order chi connectivity index (χ1) is 7.41. The van der Waals surface area contributed by atoms with Crippen molar-refractivity contribution in [1.29, 1.82) is 0 Å². The molecule has 4 heterocycles. The highest BCUT2D eigenvalue weighted by Crippen LogP contribution is 1.85. The van der Waals surface area contributed by atoms with Gasteiger partial charge in [0.25, 0.3) is 0 Å². The number of ether oxygens (including phenoxy) is 4. The van der Waals surface area contributed by atoms with Gasteiger partial charge in [0, 0.05) is 6.61 Å². The maximum atomic E-state index is 7.57. The zero-order valence-electron chi connectivity index (χ0n) is 9.44. The van der Waals surface area contributed by atoms with Crippen LogP contribution in [0.2, 0.25) is 0 Å². The van der Waals surface area contributed by atoms with E-state index < -0.39 is 0 Å². The summed E-state index contributed by atoms with van der Waals surface area (Å²) in [7, 11) is 0. The van der Waals surface area contributed by atoms with Crippen molar-refractivity contribution in [3.8, 4) is 0 Å². The van der Waals surface area contributed by atoms with Gasteiger partial charge in [0.15, 0.2) is 0 Å². The summed E-state index contributed by atoms with van der Waals surface area (Å²) in [5, 5.41) is 7.57. The Labute approximate surface area is 91.3 Å². The van der Waals surface area contributed by atoms with Crippen LogP contribution in [0, 0.1) is 0 Å². The van der Waals surface area contributed by atoms with E-state index in [4.69, 9.17) is 5.11 Å². The summed E-state index contributed by atoms with van der Waals surface area (Å²) in [6.07, 6.45) is 0. The summed E-state index contributed by atoms with van der Waals surface area (Å²) in [4.78, 5) is 0. The molecule has 0 aromatic carbocycles. The molecule has 0 unspecified atom stereocenters. The molecule has 4 aliphatic heterocycles. The molecule has 0 aromatic heterocycles. The maximum absolute atomic E-state index is 7.57. The van der Waals surface area contributed by atoms with Gasteiger partial charge < -0.3 is 24.1 Å². The lowest BCUT2D eigenvalue weighted by Crippen LogP contribution is -1.57. The zero-order valence-corrected chi connectivity index (χ0v) is 9.44. The van der Waals surface area contributed by atoms with E-state index in [1.165, 1.54) is 0 Å². The highest BCUT2D eigenvalue weighted by molar-refractivity contribution is 4.37. The van der Waals surface area contributed by atoms with E-state index in [0.717, 1.165) is 52.9 Å². The highest BCUT2D eigenvalue weighted by Gasteiger charge is 1.94. The van der Waals surface area contributed by atoms with Gasteiger partial charge in [-0.3, -0.25) is 0 Å². The van der Waals surface area contributed by atoms with Crippen LogP contribution in [0.5, 0.6) is 0 Å². The third-order valence-electron chi connectivity index (χ3n) is 0.816. The van der Waals surface area contributed by atoms with Crippen molar-refractivity contribution in [3.63, 3.8) is 0 Å². The number of epoxide rings is 4. The zero-order chi connectivity index (χ0) is 11.2. The average Bonchev–Trinajstić information content (AvgIpc) is 3.17. The summed E-state index contributed by atoms with van der Waals surface area (Å²) >= 11 is 0. The minimum atomic E-state index is 0.250. The quantitative estimate of drug-likeness (QED) is 0.587. The van der Waals surface area contributed by atoms with Crippen molar-refractivity contribution in [2.24, 2.45) is 0 Å². The van der Waals surface area contributed by atoms with Gasteiger partial charge in [0.05, 0.1) is 52.9 Å². The Hall–Kier alpha value is -0.200. The molecule has 0 saturated carbocycles. The van der Waals surface area contributed by atoms with Crippen LogP contribution in [0.25, 0.3) is 0 Å². The summed E-state index contributed by atoms with van der Waals surface area (Å²) in [5.74, 6) is 0. The van der Waals surface area contributed by atoms with Crippen LogP contribution >= 0.6 is 0 Å². The molecule has 0 spiro atoms. The lowest BCUT2D eigenvalue weighted by atomic mass is 10.9. The second-order valence-electron chi connectivity index (χ2n) is 2.77. The van der Waals surface area contributed by atoms with Gasteiger partial charge in [-0.05, 0) is 6.92 Å². The second kappa shape index (κ2) is 13.8. The smallest absolute Gasteiger partial charge is 0.0701 e. The Morgan fingerprint density at radius 3 is 0.733 bits per heavy atom. The van der Waals surface area contributed by atoms with Crippen LogP contribution in [0.4, 0.5) is 0 Å². The van der Waals surface area contributed by atoms with Crippen molar-refractivity contribution in [3.05, 3.63) is 0 Å². The molecular formula is C10H22O5. The summed E-state index contributed by atoms with van der Waals surface area (Å²) in [6.45, 7) is 9.93. The third kappa shape index (κ3) is 133. The first-order valence-corrected chi connectivity index (χ1v) is 5.33. The SMILES string of the molecule is C1CO1.C1CO1.C1CO1.C1CO1.CCO. The van der Waals surface area contributed by atoms with E-state index in [9.17, 15) is 0 Å². The number of aliphatic hydroxyl groups excluding tert-OH is 1. The first kappa shape index (κ1) is 14.8. The summed E-state index contributed by atoms with van der Waals surface area (Å²) in [5.41, 5.74) is 0. The Morgan fingerprint density at radius 2 is 0.733 bits per heavy atom. The molecular weight excluding hydrogens is 200 g/mol. The van der Waals surface area contributed by atoms with Crippen molar-refractivity contribution in [1.82, 2.24) is 0 Å². The van der Waals surface area contributed by atoms with Crippen LogP contribution in [0.3, 0.4) is 0 Å². The predicted octanol–water partition coefficient (Wildman–Crippen LogP) is 0.0650. The molecule has 1 N–H and O–H groups in total. The van der Waals surface area contributed by atoms with Gasteiger partial charge in [-0.15, -0.1) is 0 Å². The highest BCUT2D eigenvalue weighted by atomic mass is 16.6. The number of rotatable bonds is 0.